The Morgan fingerprint density at radius 2 is 2.05 bits per heavy atom. The van der Waals surface area contributed by atoms with Crippen molar-refractivity contribution in [3.8, 4) is 0 Å². The number of nitrogens with one attached hydrogen (secondary N) is 1. The number of rotatable bonds is 7. The number of nitro groups is 1. The minimum absolute atomic E-state index is 0.0629. The lowest BCUT2D eigenvalue weighted by molar-refractivity contribution is -0.383. The summed E-state index contributed by atoms with van der Waals surface area (Å²) in [4.78, 5) is 9.87. The van der Waals surface area contributed by atoms with E-state index >= 15 is 0 Å². The van der Waals surface area contributed by atoms with Gasteiger partial charge in [0.1, 0.15) is 5.69 Å². The van der Waals surface area contributed by atoms with Crippen molar-refractivity contribution >= 4 is 21.4 Å². The molecule has 0 saturated carbocycles. The maximum atomic E-state index is 11.9. The summed E-state index contributed by atoms with van der Waals surface area (Å²) in [6.07, 6.45) is 2.68. The molecule has 106 valence electrons. The van der Waals surface area contributed by atoms with Gasteiger partial charge in [-0.15, -0.1) is 0 Å². The van der Waals surface area contributed by atoms with Gasteiger partial charge in [-0.3, -0.25) is 10.1 Å². The van der Waals surface area contributed by atoms with Crippen LogP contribution in [0.4, 0.5) is 11.4 Å². The van der Waals surface area contributed by atoms with Crippen LogP contribution < -0.4 is 10.5 Å². The van der Waals surface area contributed by atoms with Crippen molar-refractivity contribution in [3.63, 3.8) is 0 Å². The van der Waals surface area contributed by atoms with E-state index in [9.17, 15) is 18.5 Å². The smallest absolute Gasteiger partial charge is 0.292 e. The van der Waals surface area contributed by atoms with Gasteiger partial charge in [0.15, 0.2) is 0 Å². The Balaban J connectivity index is 2.84. The zero-order chi connectivity index (χ0) is 14.5. The van der Waals surface area contributed by atoms with Crippen molar-refractivity contribution in [1.29, 1.82) is 0 Å². The molecule has 0 atom stereocenters. The SMILES string of the molecule is CCCCCNS(=O)(=O)c1ccc([N+](=O)[O-])c(N)c1. The summed E-state index contributed by atoms with van der Waals surface area (Å²) in [5.41, 5.74) is 5.00. The summed E-state index contributed by atoms with van der Waals surface area (Å²) in [6, 6.07) is 3.37. The second-order valence-electron chi connectivity index (χ2n) is 4.08. The molecule has 0 radical (unpaired) electrons. The van der Waals surface area contributed by atoms with Crippen molar-refractivity contribution in [3.05, 3.63) is 28.3 Å². The Labute approximate surface area is 112 Å². The van der Waals surface area contributed by atoms with Crippen LogP contribution in [0, 0.1) is 10.1 Å². The molecule has 0 aliphatic carbocycles. The fraction of sp³-hybridized carbons (Fsp3) is 0.455. The summed E-state index contributed by atoms with van der Waals surface area (Å²) in [5, 5.41) is 10.6. The molecule has 8 heteroatoms. The third-order valence-corrected chi connectivity index (χ3v) is 4.04. The number of benzene rings is 1. The first-order valence-corrected chi connectivity index (χ1v) is 7.40. The van der Waals surface area contributed by atoms with Crippen LogP contribution in [-0.4, -0.2) is 19.9 Å². The second kappa shape index (κ2) is 6.48. The van der Waals surface area contributed by atoms with Crippen molar-refractivity contribution in [2.45, 2.75) is 31.1 Å². The van der Waals surface area contributed by atoms with Gasteiger partial charge in [-0.1, -0.05) is 19.8 Å². The van der Waals surface area contributed by atoms with Gasteiger partial charge in [0.05, 0.1) is 9.82 Å². The highest BCUT2D eigenvalue weighted by Gasteiger charge is 2.18. The standard InChI is InChI=1S/C11H17N3O4S/c1-2-3-4-7-13-19(17,18)9-5-6-11(14(15)16)10(12)8-9/h5-6,8,13H,2-4,7,12H2,1H3. The van der Waals surface area contributed by atoms with Crippen molar-refractivity contribution in [1.82, 2.24) is 4.72 Å². The first kappa shape index (κ1) is 15.4. The van der Waals surface area contributed by atoms with Gasteiger partial charge in [-0.25, -0.2) is 13.1 Å². The lowest BCUT2D eigenvalue weighted by Gasteiger charge is -2.07. The number of nitro benzene ring substituents is 1. The van der Waals surface area contributed by atoms with Crippen molar-refractivity contribution < 1.29 is 13.3 Å². The number of unbranched alkanes of at least 4 members (excludes halogenated alkanes) is 2. The number of hydrogen-bond donors (Lipinski definition) is 2. The van der Waals surface area contributed by atoms with E-state index in [1.165, 1.54) is 6.07 Å². The van der Waals surface area contributed by atoms with Crippen LogP contribution in [0.5, 0.6) is 0 Å². The predicted octanol–water partition coefficient (Wildman–Crippen LogP) is 1.65. The van der Waals surface area contributed by atoms with Gasteiger partial charge in [-0.2, -0.15) is 0 Å². The van der Waals surface area contributed by atoms with Gasteiger partial charge in [-0.05, 0) is 18.6 Å². The number of nitrogens with zero attached hydrogens (tertiary/aromatic N) is 1. The monoisotopic (exact) mass is 287 g/mol. The van der Waals surface area contributed by atoms with E-state index in [0.29, 0.717) is 6.54 Å². The van der Waals surface area contributed by atoms with Gasteiger partial charge in [0, 0.05) is 12.6 Å². The van der Waals surface area contributed by atoms with E-state index in [0.717, 1.165) is 31.4 Å². The summed E-state index contributed by atoms with van der Waals surface area (Å²) >= 11 is 0. The zero-order valence-electron chi connectivity index (χ0n) is 10.6. The van der Waals surface area contributed by atoms with Crippen LogP contribution in [0.3, 0.4) is 0 Å². The molecule has 3 N–H and O–H groups in total. The molecule has 0 bridgehead atoms. The number of sulfonamides is 1. The molecular weight excluding hydrogens is 270 g/mol. The number of hydrogen-bond acceptors (Lipinski definition) is 5. The van der Waals surface area contributed by atoms with Gasteiger partial charge in [0.2, 0.25) is 10.0 Å². The highest BCUT2D eigenvalue weighted by molar-refractivity contribution is 7.89. The number of nitrogen functional groups attached to an aromatic ring is 1. The Morgan fingerprint density at radius 3 is 2.58 bits per heavy atom. The van der Waals surface area contributed by atoms with Crippen molar-refractivity contribution in [2.24, 2.45) is 0 Å². The summed E-state index contributed by atoms with van der Waals surface area (Å²) in [7, 11) is -3.66. The molecule has 0 fully saturated rings. The molecule has 0 amide bonds. The largest absolute Gasteiger partial charge is 0.393 e. The molecule has 19 heavy (non-hydrogen) atoms. The van der Waals surface area contributed by atoms with Crippen LogP contribution >= 0.6 is 0 Å². The topological polar surface area (TPSA) is 115 Å². The Bertz CT molecular complexity index is 557. The van der Waals surface area contributed by atoms with Gasteiger partial charge < -0.3 is 5.73 Å². The summed E-state index contributed by atoms with van der Waals surface area (Å²) in [5.74, 6) is 0. The predicted molar refractivity (Wildman–Crippen MR) is 72.2 cm³/mol. The van der Waals surface area contributed by atoms with E-state index in [1.807, 2.05) is 6.92 Å². The Kier molecular flexibility index (Phi) is 5.25. The van der Waals surface area contributed by atoms with Gasteiger partial charge >= 0.3 is 0 Å². The van der Waals surface area contributed by atoms with E-state index in [4.69, 9.17) is 5.73 Å². The first-order chi connectivity index (χ1) is 8.88. The normalized spacial score (nSPS) is 11.4. The van der Waals surface area contributed by atoms with Crippen LogP contribution in [0.15, 0.2) is 23.1 Å². The van der Waals surface area contributed by atoms with E-state index < -0.39 is 14.9 Å². The maximum absolute atomic E-state index is 11.9. The number of nitrogens with two attached hydrogens (primary N) is 1. The highest BCUT2D eigenvalue weighted by atomic mass is 32.2. The van der Waals surface area contributed by atoms with E-state index in [2.05, 4.69) is 4.72 Å². The van der Waals surface area contributed by atoms with E-state index in [1.54, 1.807) is 0 Å². The van der Waals surface area contributed by atoms with Crippen LogP contribution in [0.1, 0.15) is 26.2 Å². The lowest BCUT2D eigenvalue weighted by Crippen LogP contribution is -2.24. The molecule has 1 rings (SSSR count). The van der Waals surface area contributed by atoms with E-state index in [-0.39, 0.29) is 16.3 Å². The average Bonchev–Trinajstić information content (AvgIpc) is 2.34. The van der Waals surface area contributed by atoms with Crippen LogP contribution in [0.25, 0.3) is 0 Å². The van der Waals surface area contributed by atoms with Crippen molar-refractivity contribution in [2.75, 3.05) is 12.3 Å². The molecule has 0 heterocycles. The fourth-order valence-corrected chi connectivity index (χ4v) is 2.64. The molecule has 0 aromatic heterocycles. The molecule has 0 spiro atoms. The molecule has 1 aromatic rings. The highest BCUT2D eigenvalue weighted by Crippen LogP contribution is 2.24. The summed E-state index contributed by atoms with van der Waals surface area (Å²) < 4.78 is 26.2. The zero-order valence-corrected chi connectivity index (χ0v) is 11.4. The maximum Gasteiger partial charge on any atom is 0.292 e. The molecular formula is C11H17N3O4S. The number of anilines is 1. The van der Waals surface area contributed by atoms with Crippen LogP contribution in [-0.2, 0) is 10.0 Å². The Hall–Kier alpha value is -1.67. The molecule has 0 saturated heterocycles. The minimum Gasteiger partial charge on any atom is -0.393 e. The molecule has 7 nitrogen and oxygen atoms in total. The molecule has 0 unspecified atom stereocenters. The third kappa shape index (κ3) is 4.18. The van der Waals surface area contributed by atoms with Crippen LogP contribution in [0.2, 0.25) is 0 Å². The fourth-order valence-electron chi connectivity index (χ4n) is 1.53. The molecule has 1 aromatic carbocycles. The van der Waals surface area contributed by atoms with Gasteiger partial charge in [0.25, 0.3) is 5.69 Å². The molecule has 0 aliphatic rings. The molecule has 0 aliphatic heterocycles. The summed E-state index contributed by atoms with van der Waals surface area (Å²) in [6.45, 7) is 2.36. The quantitative estimate of drug-likeness (QED) is 0.342. The first-order valence-electron chi connectivity index (χ1n) is 5.92. The lowest BCUT2D eigenvalue weighted by atomic mass is 10.3. The average molecular weight is 287 g/mol. The second-order valence-corrected chi connectivity index (χ2v) is 5.85. The minimum atomic E-state index is -3.66. The Morgan fingerprint density at radius 1 is 1.37 bits per heavy atom. The third-order valence-electron chi connectivity index (χ3n) is 2.58.